The maximum Gasteiger partial charge on any atom is 0.387 e. The molecule has 0 atom stereocenters. The molecule has 9 heteroatoms. The molecule has 2 aromatic heterocycles. The zero-order valence-corrected chi connectivity index (χ0v) is 17.1. The fourth-order valence-corrected chi connectivity index (χ4v) is 3.82. The lowest BCUT2D eigenvalue weighted by Crippen LogP contribution is -2.35. The molecule has 1 saturated carbocycles. The van der Waals surface area contributed by atoms with Gasteiger partial charge in [-0.15, -0.1) is 0 Å². The number of nitrogens with zero attached hydrogens (tertiary/aromatic N) is 4. The summed E-state index contributed by atoms with van der Waals surface area (Å²) in [6.45, 7) is 0.719. The minimum Gasteiger partial charge on any atom is -0.431 e. The van der Waals surface area contributed by atoms with Crippen molar-refractivity contribution in [2.24, 2.45) is 0 Å². The Bertz CT molecular complexity index is 870. The third kappa shape index (κ3) is 5.02. The van der Waals surface area contributed by atoms with Crippen molar-refractivity contribution in [1.82, 2.24) is 19.9 Å². The van der Waals surface area contributed by atoms with Crippen LogP contribution in [0, 0.1) is 0 Å². The van der Waals surface area contributed by atoms with Gasteiger partial charge >= 0.3 is 6.61 Å². The van der Waals surface area contributed by atoms with Crippen molar-refractivity contribution < 1.29 is 18.3 Å². The highest BCUT2D eigenvalue weighted by atomic mass is 19.3. The minimum absolute atomic E-state index is 0.0702. The van der Waals surface area contributed by atoms with Crippen molar-refractivity contribution in [3.8, 4) is 17.0 Å². The van der Waals surface area contributed by atoms with E-state index in [2.05, 4.69) is 14.6 Å². The summed E-state index contributed by atoms with van der Waals surface area (Å²) in [6, 6.07) is 3.44. The molecular weight excluding hydrogens is 392 g/mol. The molecule has 1 aliphatic heterocycles. The van der Waals surface area contributed by atoms with E-state index in [0.29, 0.717) is 23.1 Å². The molecule has 0 spiro atoms. The topological polar surface area (TPSA) is 86.4 Å². The van der Waals surface area contributed by atoms with Gasteiger partial charge in [0.1, 0.15) is 5.82 Å². The van der Waals surface area contributed by atoms with Gasteiger partial charge in [-0.3, -0.25) is 0 Å². The summed E-state index contributed by atoms with van der Waals surface area (Å²) in [5.74, 6) is 1.35. The van der Waals surface area contributed by atoms with E-state index in [1.807, 2.05) is 6.07 Å². The number of alkyl halides is 2. The van der Waals surface area contributed by atoms with Crippen LogP contribution in [-0.4, -0.2) is 59.8 Å². The Balaban J connectivity index is 1.59. The number of ether oxygens (including phenoxy) is 2. The second kappa shape index (κ2) is 9.18. The van der Waals surface area contributed by atoms with Crippen molar-refractivity contribution in [3.63, 3.8) is 0 Å². The standard InChI is InChI=1S/C21H27F2N5O2/c1-29-9-8-28-6-4-13(5-7-28)16-11-17(27-20(26-16)14-2-3-14)15-10-18(30-21(22)23)19(24)25-12-15/h10-14,21H,2-9H2,1H3,(H2,24,25). The van der Waals surface area contributed by atoms with Crippen molar-refractivity contribution in [3.05, 3.63) is 29.8 Å². The molecule has 0 aromatic carbocycles. The van der Waals surface area contributed by atoms with Crippen LogP contribution in [0.5, 0.6) is 5.75 Å². The molecule has 2 fully saturated rings. The van der Waals surface area contributed by atoms with E-state index >= 15 is 0 Å². The van der Waals surface area contributed by atoms with E-state index in [1.54, 1.807) is 13.3 Å². The van der Waals surface area contributed by atoms with Gasteiger partial charge < -0.3 is 20.1 Å². The second-order valence-electron chi connectivity index (χ2n) is 7.91. The Hall–Kier alpha value is -2.39. The molecular formula is C21H27F2N5O2. The van der Waals surface area contributed by atoms with Gasteiger partial charge in [-0.25, -0.2) is 15.0 Å². The SMILES string of the molecule is COCCN1CCC(c2cc(-c3cnc(N)c(OC(F)F)c3)nc(C3CC3)n2)CC1. The molecule has 0 amide bonds. The smallest absolute Gasteiger partial charge is 0.387 e. The number of piperidine rings is 1. The maximum absolute atomic E-state index is 12.7. The zero-order valence-electron chi connectivity index (χ0n) is 17.1. The van der Waals surface area contributed by atoms with Crippen LogP contribution in [0.15, 0.2) is 18.3 Å². The van der Waals surface area contributed by atoms with Crippen LogP contribution in [0.1, 0.15) is 49.0 Å². The number of halogens is 2. The van der Waals surface area contributed by atoms with Gasteiger partial charge in [0.05, 0.1) is 12.3 Å². The molecule has 4 rings (SSSR count). The lowest BCUT2D eigenvalue weighted by molar-refractivity contribution is -0.0494. The second-order valence-corrected chi connectivity index (χ2v) is 7.91. The maximum atomic E-state index is 12.7. The summed E-state index contributed by atoms with van der Waals surface area (Å²) in [6.07, 6.45) is 5.74. The lowest BCUT2D eigenvalue weighted by Gasteiger charge is -2.31. The van der Waals surface area contributed by atoms with Gasteiger partial charge in [-0.1, -0.05) is 0 Å². The highest BCUT2D eigenvalue weighted by molar-refractivity contribution is 5.64. The van der Waals surface area contributed by atoms with E-state index in [1.165, 1.54) is 6.07 Å². The first-order chi connectivity index (χ1) is 14.5. The third-order valence-corrected chi connectivity index (χ3v) is 5.72. The van der Waals surface area contributed by atoms with E-state index in [4.69, 9.17) is 20.4 Å². The minimum atomic E-state index is -2.96. The predicted molar refractivity (Wildman–Crippen MR) is 109 cm³/mol. The number of nitrogens with two attached hydrogens (primary N) is 1. The van der Waals surface area contributed by atoms with Crippen LogP contribution < -0.4 is 10.5 Å². The molecule has 2 N–H and O–H groups in total. The Kier molecular flexibility index (Phi) is 6.38. The van der Waals surface area contributed by atoms with Crippen LogP contribution in [0.25, 0.3) is 11.3 Å². The highest BCUT2D eigenvalue weighted by Gasteiger charge is 2.29. The van der Waals surface area contributed by atoms with Gasteiger partial charge in [-0.2, -0.15) is 8.78 Å². The average molecular weight is 419 g/mol. The van der Waals surface area contributed by atoms with Gasteiger partial charge in [0.25, 0.3) is 0 Å². The fourth-order valence-electron chi connectivity index (χ4n) is 3.82. The van der Waals surface area contributed by atoms with Gasteiger partial charge in [0.15, 0.2) is 11.6 Å². The largest absolute Gasteiger partial charge is 0.431 e. The normalized spacial score (nSPS) is 18.1. The number of pyridine rings is 1. The summed E-state index contributed by atoms with van der Waals surface area (Å²) in [5, 5.41) is 0. The highest BCUT2D eigenvalue weighted by Crippen LogP contribution is 2.40. The van der Waals surface area contributed by atoms with E-state index < -0.39 is 6.61 Å². The predicted octanol–water partition coefficient (Wildman–Crippen LogP) is 3.43. The molecule has 2 aliphatic rings. The number of aromatic nitrogens is 3. The first kappa shape index (κ1) is 20.9. The van der Waals surface area contributed by atoms with Gasteiger partial charge in [-0.05, 0) is 50.9 Å². The quantitative estimate of drug-likeness (QED) is 0.701. The first-order valence-corrected chi connectivity index (χ1v) is 10.3. The van der Waals surface area contributed by atoms with Crippen molar-refractivity contribution in [2.75, 3.05) is 39.1 Å². The van der Waals surface area contributed by atoms with E-state index in [9.17, 15) is 8.78 Å². The van der Waals surface area contributed by atoms with E-state index in [0.717, 1.165) is 63.4 Å². The number of rotatable bonds is 8. The summed E-state index contributed by atoms with van der Waals surface area (Å²) in [5.41, 5.74) is 7.97. The van der Waals surface area contributed by atoms with Crippen molar-refractivity contribution in [1.29, 1.82) is 0 Å². The number of likely N-dealkylation sites (tertiary alicyclic amines) is 1. The molecule has 1 aliphatic carbocycles. The van der Waals surface area contributed by atoms with Crippen molar-refractivity contribution in [2.45, 2.75) is 44.1 Å². The van der Waals surface area contributed by atoms with Crippen LogP contribution in [-0.2, 0) is 4.74 Å². The fraction of sp³-hybridized carbons (Fsp3) is 0.571. The van der Waals surface area contributed by atoms with Crippen LogP contribution in [0.3, 0.4) is 0 Å². The molecule has 0 unspecified atom stereocenters. The number of anilines is 1. The Morgan fingerprint density at radius 3 is 2.57 bits per heavy atom. The lowest BCUT2D eigenvalue weighted by atomic mass is 9.92. The summed E-state index contributed by atoms with van der Waals surface area (Å²) in [7, 11) is 1.72. The Morgan fingerprint density at radius 2 is 1.90 bits per heavy atom. The number of methoxy groups -OCH3 is 1. The Labute approximate surface area is 174 Å². The molecule has 7 nitrogen and oxygen atoms in total. The molecule has 3 heterocycles. The molecule has 0 radical (unpaired) electrons. The monoisotopic (exact) mass is 419 g/mol. The Morgan fingerprint density at radius 1 is 1.13 bits per heavy atom. The summed E-state index contributed by atoms with van der Waals surface area (Å²) < 4.78 is 35.1. The van der Waals surface area contributed by atoms with Gasteiger partial charge in [0, 0.05) is 42.9 Å². The van der Waals surface area contributed by atoms with Crippen molar-refractivity contribution >= 4 is 5.82 Å². The summed E-state index contributed by atoms with van der Waals surface area (Å²) >= 11 is 0. The molecule has 0 bridgehead atoms. The number of nitrogen functional groups attached to an aromatic ring is 1. The molecule has 1 saturated heterocycles. The number of hydrogen-bond donors (Lipinski definition) is 1. The summed E-state index contributed by atoms with van der Waals surface area (Å²) in [4.78, 5) is 16.0. The zero-order chi connectivity index (χ0) is 21.1. The van der Waals surface area contributed by atoms with Crippen LogP contribution in [0.2, 0.25) is 0 Å². The average Bonchev–Trinajstić information content (AvgIpc) is 3.59. The van der Waals surface area contributed by atoms with Crippen LogP contribution in [0.4, 0.5) is 14.6 Å². The molecule has 2 aromatic rings. The first-order valence-electron chi connectivity index (χ1n) is 10.3. The molecule has 162 valence electrons. The van der Waals surface area contributed by atoms with Gasteiger partial charge in [0.2, 0.25) is 0 Å². The number of hydrogen-bond acceptors (Lipinski definition) is 7. The third-order valence-electron chi connectivity index (χ3n) is 5.72. The van der Waals surface area contributed by atoms with Crippen LogP contribution >= 0.6 is 0 Å². The molecule has 30 heavy (non-hydrogen) atoms. The van der Waals surface area contributed by atoms with E-state index in [-0.39, 0.29) is 11.6 Å².